The van der Waals surface area contributed by atoms with Crippen LogP contribution in [0.15, 0.2) is 24.3 Å². The molecule has 2 heterocycles. The Hall–Kier alpha value is -3.10. The quantitative estimate of drug-likeness (QED) is 0.738. The first-order chi connectivity index (χ1) is 12.4. The maximum Gasteiger partial charge on any atom is 0.407 e. The van der Waals surface area contributed by atoms with Gasteiger partial charge in [0.1, 0.15) is 13.1 Å². The van der Waals surface area contributed by atoms with Gasteiger partial charge in [-0.05, 0) is 18.1 Å². The van der Waals surface area contributed by atoms with Gasteiger partial charge in [-0.15, -0.1) is 0 Å². The molecular formula is C17H20N4O5. The summed E-state index contributed by atoms with van der Waals surface area (Å²) in [6.07, 6.45) is -0.246. The summed E-state index contributed by atoms with van der Waals surface area (Å²) in [5.74, 6) is -1.13. The Morgan fingerprint density at radius 3 is 2.73 bits per heavy atom. The average molecular weight is 360 g/mol. The van der Waals surface area contributed by atoms with Crippen molar-refractivity contribution >= 4 is 29.5 Å². The summed E-state index contributed by atoms with van der Waals surface area (Å²) < 4.78 is 4.45. The van der Waals surface area contributed by atoms with E-state index in [0.717, 1.165) is 5.56 Å². The van der Waals surface area contributed by atoms with Gasteiger partial charge in [0, 0.05) is 18.8 Å². The summed E-state index contributed by atoms with van der Waals surface area (Å²) in [6, 6.07) is 7.23. The van der Waals surface area contributed by atoms with Crippen LogP contribution >= 0.6 is 0 Å². The molecule has 1 saturated heterocycles. The van der Waals surface area contributed by atoms with Gasteiger partial charge < -0.3 is 25.6 Å². The van der Waals surface area contributed by atoms with Gasteiger partial charge in [0.15, 0.2) is 0 Å². The topological polar surface area (TPSA) is 122 Å². The molecule has 1 aromatic rings. The van der Waals surface area contributed by atoms with Gasteiger partial charge in [-0.25, -0.2) is 4.79 Å². The first-order valence-electron chi connectivity index (χ1n) is 8.18. The zero-order chi connectivity index (χ0) is 18.9. The standard InChI is InChI=1S/C17H20N4O5/c1-26-16(25)19-8-14(23)20-7-6-17(10-20)11-4-2-3-5-12(11)21(15(17)24)9-13(18)22/h2-5H,6-10H2,1H3,(H2,18,22)(H,19,25)/t17-/m0/s1. The Labute approximate surface area is 150 Å². The van der Waals surface area contributed by atoms with E-state index < -0.39 is 17.4 Å². The second-order valence-electron chi connectivity index (χ2n) is 6.37. The van der Waals surface area contributed by atoms with E-state index in [-0.39, 0.29) is 31.4 Å². The second kappa shape index (κ2) is 6.66. The third-order valence-corrected chi connectivity index (χ3v) is 4.87. The summed E-state index contributed by atoms with van der Waals surface area (Å²) >= 11 is 0. The number of nitrogens with one attached hydrogen (secondary N) is 1. The molecule has 9 nitrogen and oxygen atoms in total. The lowest BCUT2D eigenvalue weighted by molar-refractivity contribution is -0.130. The molecule has 0 unspecified atom stereocenters. The highest BCUT2D eigenvalue weighted by molar-refractivity contribution is 6.11. The summed E-state index contributed by atoms with van der Waals surface area (Å²) in [7, 11) is 1.21. The number of benzene rings is 1. The van der Waals surface area contributed by atoms with Crippen LogP contribution in [-0.4, -0.2) is 62.0 Å². The van der Waals surface area contributed by atoms with Gasteiger partial charge in [0.05, 0.1) is 12.5 Å². The van der Waals surface area contributed by atoms with E-state index in [9.17, 15) is 19.2 Å². The number of methoxy groups -OCH3 is 1. The molecule has 2 aliphatic rings. The van der Waals surface area contributed by atoms with E-state index >= 15 is 0 Å². The normalized spacial score (nSPS) is 21.0. The molecule has 1 spiro atoms. The van der Waals surface area contributed by atoms with Crippen LogP contribution in [0.1, 0.15) is 12.0 Å². The molecule has 4 amide bonds. The van der Waals surface area contributed by atoms with Crippen molar-refractivity contribution in [3.05, 3.63) is 29.8 Å². The van der Waals surface area contributed by atoms with Crippen LogP contribution in [0.5, 0.6) is 0 Å². The highest BCUT2D eigenvalue weighted by Crippen LogP contribution is 2.47. The van der Waals surface area contributed by atoms with Crippen molar-refractivity contribution in [1.29, 1.82) is 0 Å². The summed E-state index contributed by atoms with van der Waals surface area (Å²) in [6.45, 7) is 0.172. The van der Waals surface area contributed by atoms with Crippen LogP contribution in [0.25, 0.3) is 0 Å². The Balaban J connectivity index is 1.82. The molecule has 2 aliphatic heterocycles. The van der Waals surface area contributed by atoms with Crippen molar-refractivity contribution in [2.45, 2.75) is 11.8 Å². The summed E-state index contributed by atoms with van der Waals surface area (Å²) in [5.41, 5.74) is 5.85. The van der Waals surface area contributed by atoms with E-state index in [4.69, 9.17) is 5.73 Å². The van der Waals surface area contributed by atoms with Crippen molar-refractivity contribution in [3.8, 4) is 0 Å². The van der Waals surface area contributed by atoms with Crippen molar-refractivity contribution in [2.24, 2.45) is 5.73 Å². The van der Waals surface area contributed by atoms with Crippen LogP contribution in [-0.2, 0) is 24.5 Å². The molecule has 0 bridgehead atoms. The number of likely N-dealkylation sites (tertiary alicyclic amines) is 1. The molecule has 0 aromatic heterocycles. The Bertz CT molecular complexity index is 780. The van der Waals surface area contributed by atoms with E-state index in [1.807, 2.05) is 12.1 Å². The number of hydrogen-bond donors (Lipinski definition) is 2. The Morgan fingerprint density at radius 2 is 2.04 bits per heavy atom. The zero-order valence-corrected chi connectivity index (χ0v) is 14.4. The number of alkyl carbamates (subject to hydrolysis) is 1. The molecule has 26 heavy (non-hydrogen) atoms. The first kappa shape index (κ1) is 17.7. The largest absolute Gasteiger partial charge is 0.453 e. The minimum Gasteiger partial charge on any atom is -0.453 e. The molecule has 9 heteroatoms. The third-order valence-electron chi connectivity index (χ3n) is 4.87. The molecule has 1 aromatic carbocycles. The fraction of sp³-hybridized carbons (Fsp3) is 0.412. The maximum absolute atomic E-state index is 13.1. The minimum absolute atomic E-state index is 0.194. The van der Waals surface area contributed by atoms with Crippen molar-refractivity contribution in [2.75, 3.05) is 38.2 Å². The third kappa shape index (κ3) is 2.85. The van der Waals surface area contributed by atoms with Crippen molar-refractivity contribution < 1.29 is 23.9 Å². The lowest BCUT2D eigenvalue weighted by Gasteiger charge is -2.24. The number of amides is 4. The smallest absolute Gasteiger partial charge is 0.407 e. The van der Waals surface area contributed by atoms with E-state index in [2.05, 4.69) is 10.1 Å². The van der Waals surface area contributed by atoms with Crippen LogP contribution < -0.4 is 16.0 Å². The molecule has 1 fully saturated rings. The van der Waals surface area contributed by atoms with Crippen LogP contribution in [0, 0.1) is 0 Å². The number of carbonyl (C=O) groups excluding carboxylic acids is 4. The van der Waals surface area contributed by atoms with Crippen LogP contribution in [0.4, 0.5) is 10.5 Å². The van der Waals surface area contributed by atoms with Gasteiger partial charge in [0.2, 0.25) is 17.7 Å². The van der Waals surface area contributed by atoms with E-state index in [1.165, 1.54) is 12.0 Å². The second-order valence-corrected chi connectivity index (χ2v) is 6.37. The predicted molar refractivity (Wildman–Crippen MR) is 91.3 cm³/mol. The summed E-state index contributed by atoms with van der Waals surface area (Å²) in [4.78, 5) is 50.9. The Kier molecular flexibility index (Phi) is 4.54. The highest BCUT2D eigenvalue weighted by atomic mass is 16.5. The number of nitrogens with two attached hydrogens (primary N) is 1. The lowest BCUT2D eigenvalue weighted by Crippen LogP contribution is -2.46. The van der Waals surface area contributed by atoms with Crippen LogP contribution in [0.2, 0.25) is 0 Å². The van der Waals surface area contributed by atoms with E-state index in [1.54, 1.807) is 17.0 Å². The van der Waals surface area contributed by atoms with E-state index in [0.29, 0.717) is 18.7 Å². The fourth-order valence-corrected chi connectivity index (χ4v) is 3.66. The van der Waals surface area contributed by atoms with Gasteiger partial charge in [-0.2, -0.15) is 0 Å². The molecule has 3 N–H and O–H groups in total. The molecule has 0 radical (unpaired) electrons. The SMILES string of the molecule is COC(=O)NCC(=O)N1CC[C@@]2(C1)C(=O)N(CC(N)=O)c1ccccc12. The molecule has 1 atom stereocenters. The number of nitrogens with zero attached hydrogens (tertiary/aromatic N) is 2. The number of fused-ring (bicyclic) bond motifs is 2. The van der Waals surface area contributed by atoms with Gasteiger partial charge in [-0.3, -0.25) is 14.4 Å². The minimum atomic E-state index is -0.882. The number of carbonyl (C=O) groups is 4. The van der Waals surface area contributed by atoms with Gasteiger partial charge in [0.25, 0.3) is 0 Å². The molecule has 0 saturated carbocycles. The zero-order valence-electron chi connectivity index (χ0n) is 14.4. The molecule has 138 valence electrons. The Morgan fingerprint density at radius 1 is 1.31 bits per heavy atom. The highest BCUT2D eigenvalue weighted by Gasteiger charge is 2.55. The van der Waals surface area contributed by atoms with Crippen molar-refractivity contribution in [1.82, 2.24) is 10.2 Å². The predicted octanol–water partition coefficient (Wildman–Crippen LogP) is -0.655. The van der Waals surface area contributed by atoms with Gasteiger partial charge >= 0.3 is 6.09 Å². The van der Waals surface area contributed by atoms with Gasteiger partial charge in [-0.1, -0.05) is 18.2 Å². The monoisotopic (exact) mass is 360 g/mol. The molecule has 3 rings (SSSR count). The number of para-hydroxylation sites is 1. The maximum atomic E-state index is 13.1. The number of rotatable bonds is 4. The number of anilines is 1. The van der Waals surface area contributed by atoms with Crippen LogP contribution in [0.3, 0.4) is 0 Å². The van der Waals surface area contributed by atoms with Crippen molar-refractivity contribution in [3.63, 3.8) is 0 Å². The average Bonchev–Trinajstić information content (AvgIpc) is 3.17. The molecule has 0 aliphatic carbocycles. The molecular weight excluding hydrogens is 340 g/mol. The number of hydrogen-bond acceptors (Lipinski definition) is 5. The first-order valence-corrected chi connectivity index (χ1v) is 8.18. The number of ether oxygens (including phenoxy) is 1. The lowest BCUT2D eigenvalue weighted by atomic mass is 9.81. The fourth-order valence-electron chi connectivity index (χ4n) is 3.66. The number of primary amides is 1. The summed E-state index contributed by atoms with van der Waals surface area (Å²) in [5, 5.41) is 2.34.